The fourth-order valence-electron chi connectivity index (χ4n) is 6.31. The van der Waals surface area contributed by atoms with Crippen molar-refractivity contribution in [3.8, 4) is 0 Å². The summed E-state index contributed by atoms with van der Waals surface area (Å²) in [4.78, 5) is 0. The average molecular weight is 395 g/mol. The van der Waals surface area contributed by atoms with E-state index in [2.05, 4.69) is 55.4 Å². The molecule has 0 aromatic rings. The van der Waals surface area contributed by atoms with Crippen LogP contribution in [-0.2, 0) is 0 Å². The van der Waals surface area contributed by atoms with Crippen LogP contribution in [0.1, 0.15) is 133 Å². The van der Waals surface area contributed by atoms with Crippen molar-refractivity contribution in [1.29, 1.82) is 0 Å². The number of aliphatic hydroxyl groups is 1. The van der Waals surface area contributed by atoms with Gasteiger partial charge < -0.3 is 5.11 Å². The first-order chi connectivity index (χ1) is 12.5. The lowest BCUT2D eigenvalue weighted by Crippen LogP contribution is -2.29. The third kappa shape index (κ3) is 11.8. The molecular formula is C27H54O. The highest BCUT2D eigenvalue weighted by Crippen LogP contribution is 2.43. The van der Waals surface area contributed by atoms with E-state index in [9.17, 15) is 5.11 Å². The van der Waals surface area contributed by atoms with Crippen molar-refractivity contribution in [2.24, 2.45) is 34.0 Å². The van der Waals surface area contributed by atoms with Crippen LogP contribution in [0, 0.1) is 34.0 Å². The van der Waals surface area contributed by atoms with Crippen molar-refractivity contribution in [1.82, 2.24) is 0 Å². The molecule has 0 saturated heterocycles. The first-order valence-corrected chi connectivity index (χ1v) is 12.2. The first kappa shape index (κ1) is 26.0. The maximum Gasteiger partial charge on any atom is 0.0596 e. The summed E-state index contributed by atoms with van der Waals surface area (Å²) in [5.41, 5.74) is 0.618. The highest BCUT2D eigenvalue weighted by molar-refractivity contribution is 4.83. The van der Waals surface area contributed by atoms with E-state index in [4.69, 9.17) is 0 Å². The molecule has 0 spiro atoms. The smallest absolute Gasteiger partial charge is 0.0596 e. The van der Waals surface area contributed by atoms with Gasteiger partial charge in [-0.15, -0.1) is 0 Å². The molecule has 0 aromatic heterocycles. The largest absolute Gasteiger partial charge is 0.390 e. The lowest BCUT2D eigenvalue weighted by Gasteiger charge is -2.38. The quantitative estimate of drug-likeness (QED) is 0.393. The summed E-state index contributed by atoms with van der Waals surface area (Å²) in [5.74, 6) is 2.69. The lowest BCUT2D eigenvalue weighted by atomic mass is 9.68. The lowest BCUT2D eigenvalue weighted by molar-refractivity contribution is 0.0268. The third-order valence-corrected chi connectivity index (χ3v) is 6.83. The molecule has 1 nitrogen and oxygen atoms in total. The first-order valence-electron chi connectivity index (χ1n) is 12.2. The molecule has 1 unspecified atom stereocenters. The Labute approximate surface area is 178 Å². The van der Waals surface area contributed by atoms with Crippen LogP contribution in [0.2, 0.25) is 0 Å². The van der Waals surface area contributed by atoms with Gasteiger partial charge in [-0.3, -0.25) is 0 Å². The minimum Gasteiger partial charge on any atom is -0.390 e. The number of rotatable bonds is 10. The summed E-state index contributed by atoms with van der Waals surface area (Å²) in [6.07, 6.45) is 13.4. The van der Waals surface area contributed by atoms with Gasteiger partial charge >= 0.3 is 0 Å². The van der Waals surface area contributed by atoms with Crippen molar-refractivity contribution in [3.63, 3.8) is 0 Å². The molecule has 1 fully saturated rings. The van der Waals surface area contributed by atoms with E-state index in [0.29, 0.717) is 10.8 Å². The average Bonchev–Trinajstić information content (AvgIpc) is 2.42. The van der Waals surface area contributed by atoms with Gasteiger partial charge in [-0.05, 0) is 80.0 Å². The van der Waals surface area contributed by atoms with Gasteiger partial charge in [0.1, 0.15) is 0 Å². The summed E-state index contributed by atoms with van der Waals surface area (Å²) in [6.45, 7) is 23.2. The molecule has 1 aliphatic rings. The summed E-state index contributed by atoms with van der Waals surface area (Å²) in [7, 11) is 0. The van der Waals surface area contributed by atoms with Crippen molar-refractivity contribution in [3.05, 3.63) is 0 Å². The Bertz CT molecular complexity index is 438. The van der Waals surface area contributed by atoms with E-state index in [1.165, 1.54) is 57.8 Å². The molecule has 28 heavy (non-hydrogen) atoms. The fraction of sp³-hybridized carbons (Fsp3) is 1.00. The van der Waals surface area contributed by atoms with Crippen LogP contribution in [0.15, 0.2) is 0 Å². The Morgan fingerprint density at radius 2 is 1.21 bits per heavy atom. The van der Waals surface area contributed by atoms with Crippen LogP contribution >= 0.6 is 0 Å². The van der Waals surface area contributed by atoms with Crippen LogP contribution in [0.25, 0.3) is 0 Å². The topological polar surface area (TPSA) is 20.2 Å². The molecule has 168 valence electrons. The zero-order chi connectivity index (χ0) is 21.8. The maximum absolute atomic E-state index is 10.2. The fourth-order valence-corrected chi connectivity index (χ4v) is 6.31. The van der Waals surface area contributed by atoms with Gasteiger partial charge in [-0.25, -0.2) is 0 Å². The Morgan fingerprint density at radius 1 is 0.750 bits per heavy atom. The predicted octanol–water partition coefficient (Wildman–Crippen LogP) is 8.64. The predicted molar refractivity (Wildman–Crippen MR) is 126 cm³/mol. The minimum absolute atomic E-state index is 0.224. The SMILES string of the molecule is CC(CCC(C)(C)CC(C)(C)O)CC(C)(C)CC1CCC(CC(C)(C)C)CC1. The van der Waals surface area contributed by atoms with Crippen molar-refractivity contribution in [2.75, 3.05) is 0 Å². The van der Waals surface area contributed by atoms with Crippen LogP contribution < -0.4 is 0 Å². The van der Waals surface area contributed by atoms with Crippen LogP contribution in [-0.4, -0.2) is 10.7 Å². The zero-order valence-corrected chi connectivity index (χ0v) is 21.3. The van der Waals surface area contributed by atoms with Crippen LogP contribution in [0.4, 0.5) is 0 Å². The van der Waals surface area contributed by atoms with E-state index in [0.717, 1.165) is 24.2 Å². The minimum atomic E-state index is -0.558. The molecule has 1 rings (SSSR count). The second-order valence-corrected chi connectivity index (χ2v) is 14.0. The van der Waals surface area contributed by atoms with E-state index in [-0.39, 0.29) is 5.41 Å². The molecule has 0 bridgehead atoms. The van der Waals surface area contributed by atoms with E-state index >= 15 is 0 Å². The van der Waals surface area contributed by atoms with E-state index in [1.807, 2.05) is 13.8 Å². The van der Waals surface area contributed by atoms with Gasteiger partial charge in [0.15, 0.2) is 0 Å². The van der Waals surface area contributed by atoms with E-state index < -0.39 is 5.60 Å². The molecule has 1 saturated carbocycles. The number of hydrogen-bond donors (Lipinski definition) is 1. The van der Waals surface area contributed by atoms with Crippen LogP contribution in [0.5, 0.6) is 0 Å². The van der Waals surface area contributed by atoms with Gasteiger partial charge in [0.25, 0.3) is 0 Å². The van der Waals surface area contributed by atoms with Gasteiger partial charge in [0.05, 0.1) is 5.60 Å². The molecule has 0 aromatic carbocycles. The van der Waals surface area contributed by atoms with Crippen LogP contribution in [0.3, 0.4) is 0 Å². The Kier molecular flexibility index (Phi) is 9.14. The highest BCUT2D eigenvalue weighted by Gasteiger charge is 2.31. The van der Waals surface area contributed by atoms with Gasteiger partial charge in [0, 0.05) is 0 Å². The molecular weight excluding hydrogens is 340 g/mol. The Morgan fingerprint density at radius 3 is 1.64 bits per heavy atom. The molecule has 0 aliphatic heterocycles. The van der Waals surface area contributed by atoms with Crippen molar-refractivity contribution in [2.45, 2.75) is 139 Å². The molecule has 0 radical (unpaired) electrons. The number of hydrogen-bond acceptors (Lipinski definition) is 1. The van der Waals surface area contributed by atoms with E-state index in [1.54, 1.807) is 0 Å². The Hall–Kier alpha value is -0.0400. The molecule has 0 amide bonds. The second-order valence-electron chi connectivity index (χ2n) is 14.0. The molecule has 1 atom stereocenters. The Balaban J connectivity index is 2.39. The normalized spacial score (nSPS) is 23.7. The molecule has 1 heteroatoms. The second kappa shape index (κ2) is 9.84. The zero-order valence-electron chi connectivity index (χ0n) is 21.3. The monoisotopic (exact) mass is 394 g/mol. The summed E-state index contributed by atoms with van der Waals surface area (Å²) in [6, 6.07) is 0. The summed E-state index contributed by atoms with van der Waals surface area (Å²) < 4.78 is 0. The molecule has 1 aliphatic carbocycles. The third-order valence-electron chi connectivity index (χ3n) is 6.83. The molecule has 1 N–H and O–H groups in total. The van der Waals surface area contributed by atoms with Crippen molar-refractivity contribution < 1.29 is 5.11 Å². The highest BCUT2D eigenvalue weighted by atomic mass is 16.3. The van der Waals surface area contributed by atoms with Crippen molar-refractivity contribution >= 4 is 0 Å². The standard InChI is InChI=1S/C27H54O/c1-21(15-16-25(5,6)20-27(9,10)28)17-26(7,8)19-23-13-11-22(12-14-23)18-24(2,3)4/h21-23,28H,11-20H2,1-10H3. The van der Waals surface area contributed by atoms with Gasteiger partial charge in [0.2, 0.25) is 0 Å². The summed E-state index contributed by atoms with van der Waals surface area (Å²) >= 11 is 0. The molecule has 0 heterocycles. The maximum atomic E-state index is 10.2. The van der Waals surface area contributed by atoms with Gasteiger partial charge in [-0.2, -0.15) is 0 Å². The van der Waals surface area contributed by atoms with Gasteiger partial charge in [-0.1, -0.05) is 87.5 Å². The summed E-state index contributed by atoms with van der Waals surface area (Å²) in [5, 5.41) is 10.2.